The fourth-order valence-corrected chi connectivity index (χ4v) is 2.83. The van der Waals surface area contributed by atoms with Gasteiger partial charge in [0.15, 0.2) is 5.82 Å². The third-order valence-corrected chi connectivity index (χ3v) is 4.21. The number of nitrogens with zero attached hydrogens (tertiary/aromatic N) is 3. The average Bonchev–Trinajstić information content (AvgIpc) is 3.09. The first-order chi connectivity index (χ1) is 14.2. The second kappa shape index (κ2) is 9.82. The lowest BCUT2D eigenvalue weighted by Crippen LogP contribution is -2.54. The molecule has 0 aliphatic carbocycles. The minimum atomic E-state index is -4.66. The quantitative estimate of drug-likeness (QED) is 0.497. The van der Waals surface area contributed by atoms with Gasteiger partial charge in [-0.1, -0.05) is 13.8 Å². The van der Waals surface area contributed by atoms with Gasteiger partial charge in [0, 0.05) is 18.8 Å². The summed E-state index contributed by atoms with van der Waals surface area (Å²) in [4.78, 5) is 13.9. The highest BCUT2D eigenvalue weighted by molar-refractivity contribution is 5.94. The van der Waals surface area contributed by atoms with Crippen LogP contribution in [0.25, 0.3) is 0 Å². The van der Waals surface area contributed by atoms with Crippen LogP contribution in [0.15, 0.2) is 24.4 Å². The number of alkyl halides is 3. The maximum absolute atomic E-state index is 13.5. The number of rotatable bonds is 6. The molecular formula is C20H25F4N3O3. The van der Waals surface area contributed by atoms with Gasteiger partial charge in [0.05, 0.1) is 25.3 Å². The molecule has 0 atom stereocenters. The Bertz CT molecular complexity index is 861. The molecule has 0 saturated carbocycles. The van der Waals surface area contributed by atoms with Crippen molar-refractivity contribution in [1.82, 2.24) is 9.78 Å². The van der Waals surface area contributed by atoms with Crippen molar-refractivity contribution in [3.05, 3.63) is 41.3 Å². The Morgan fingerprint density at radius 3 is 2.43 bits per heavy atom. The number of carbonyl (C=O) groups excluding carboxylic acids is 1. The van der Waals surface area contributed by atoms with Crippen molar-refractivity contribution in [2.24, 2.45) is 0 Å². The lowest BCUT2D eigenvalue weighted by atomic mass is 10.1. The van der Waals surface area contributed by atoms with Crippen LogP contribution in [0.3, 0.4) is 0 Å². The molecule has 0 bridgehead atoms. The van der Waals surface area contributed by atoms with Crippen molar-refractivity contribution < 1.29 is 31.8 Å². The second-order valence-electron chi connectivity index (χ2n) is 6.26. The van der Waals surface area contributed by atoms with E-state index >= 15 is 0 Å². The van der Waals surface area contributed by atoms with E-state index < -0.39 is 29.6 Å². The number of benzene rings is 1. The van der Waals surface area contributed by atoms with Gasteiger partial charge in [-0.3, -0.25) is 4.68 Å². The third kappa shape index (κ3) is 5.43. The van der Waals surface area contributed by atoms with Crippen LogP contribution in [0.4, 0.5) is 23.4 Å². The summed E-state index contributed by atoms with van der Waals surface area (Å²) < 4.78 is 64.0. The molecule has 0 unspecified atom stereocenters. The predicted molar refractivity (Wildman–Crippen MR) is 103 cm³/mol. The van der Waals surface area contributed by atoms with E-state index in [1.165, 1.54) is 0 Å². The first-order valence-electron chi connectivity index (χ1n) is 9.75. The molecule has 0 spiro atoms. The summed E-state index contributed by atoms with van der Waals surface area (Å²) in [6.07, 6.45) is -3.53. The molecule has 10 heteroatoms. The van der Waals surface area contributed by atoms with Crippen molar-refractivity contribution in [3.8, 4) is 5.75 Å². The summed E-state index contributed by atoms with van der Waals surface area (Å²) in [5.74, 6) is -1.29. The van der Waals surface area contributed by atoms with E-state index in [4.69, 9.17) is 9.47 Å². The van der Waals surface area contributed by atoms with Gasteiger partial charge < -0.3 is 14.4 Å². The summed E-state index contributed by atoms with van der Waals surface area (Å²) in [6, 6.07) is 2.10. The van der Waals surface area contributed by atoms with Crippen LogP contribution >= 0.6 is 0 Å². The number of halogens is 4. The lowest BCUT2D eigenvalue weighted by Gasteiger charge is -2.39. The third-order valence-electron chi connectivity index (χ3n) is 4.21. The number of hydrogen-bond acceptors (Lipinski definition) is 5. The molecule has 2 heterocycles. The number of aromatic nitrogens is 2. The van der Waals surface area contributed by atoms with Gasteiger partial charge in [0.2, 0.25) is 0 Å². The van der Waals surface area contributed by atoms with Crippen molar-refractivity contribution in [3.63, 3.8) is 0 Å². The SMILES string of the molecule is CC.CCOC(=O)c1cn(CC)nc1N1CC(Oc2cc(F)cc(C(F)(F)F)c2)C1. The van der Waals surface area contributed by atoms with E-state index in [0.717, 1.165) is 12.1 Å². The molecule has 1 saturated heterocycles. The van der Waals surface area contributed by atoms with Gasteiger partial charge in [-0.05, 0) is 26.0 Å². The van der Waals surface area contributed by atoms with E-state index in [1.807, 2.05) is 20.8 Å². The van der Waals surface area contributed by atoms with E-state index in [-0.39, 0.29) is 12.4 Å². The van der Waals surface area contributed by atoms with Gasteiger partial charge in [0.1, 0.15) is 23.2 Å². The van der Waals surface area contributed by atoms with E-state index in [1.54, 1.807) is 22.7 Å². The molecule has 0 N–H and O–H groups in total. The topological polar surface area (TPSA) is 56.6 Å². The van der Waals surface area contributed by atoms with Crippen LogP contribution < -0.4 is 9.64 Å². The highest BCUT2D eigenvalue weighted by Crippen LogP contribution is 2.33. The number of anilines is 1. The van der Waals surface area contributed by atoms with Gasteiger partial charge in [-0.2, -0.15) is 18.3 Å². The molecule has 1 aromatic carbocycles. The van der Waals surface area contributed by atoms with Crippen LogP contribution in [0.2, 0.25) is 0 Å². The van der Waals surface area contributed by atoms with Crippen LogP contribution in [-0.4, -0.2) is 41.6 Å². The van der Waals surface area contributed by atoms with E-state index in [2.05, 4.69) is 5.10 Å². The van der Waals surface area contributed by atoms with Crippen molar-refractivity contribution >= 4 is 11.8 Å². The Balaban J connectivity index is 0.00000155. The summed E-state index contributed by atoms with van der Waals surface area (Å²) >= 11 is 0. The smallest absolute Gasteiger partial charge is 0.416 e. The van der Waals surface area contributed by atoms with Crippen molar-refractivity contribution in [1.29, 1.82) is 0 Å². The maximum atomic E-state index is 13.5. The summed E-state index contributed by atoms with van der Waals surface area (Å²) in [7, 11) is 0. The first-order valence-corrected chi connectivity index (χ1v) is 9.75. The summed E-state index contributed by atoms with van der Waals surface area (Å²) in [6.45, 7) is 8.95. The van der Waals surface area contributed by atoms with E-state index in [0.29, 0.717) is 37.1 Å². The Kier molecular flexibility index (Phi) is 7.69. The van der Waals surface area contributed by atoms with Gasteiger partial charge in [0.25, 0.3) is 0 Å². The standard InChI is InChI=1S/C18H19F4N3O3.C2H6/c1-3-25-10-15(17(26)27-4-2)16(23-25)24-8-14(9-24)28-13-6-11(18(20,21)22)5-12(19)7-13;1-2/h5-7,10,14H,3-4,8-9H2,1-2H3;1-2H3. The monoisotopic (exact) mass is 431 g/mol. The van der Waals surface area contributed by atoms with Crippen LogP contribution in [0.5, 0.6) is 5.75 Å². The molecule has 1 fully saturated rings. The lowest BCUT2D eigenvalue weighted by molar-refractivity contribution is -0.137. The molecule has 6 nitrogen and oxygen atoms in total. The van der Waals surface area contributed by atoms with Crippen LogP contribution in [0, 0.1) is 5.82 Å². The zero-order valence-electron chi connectivity index (χ0n) is 17.3. The fraction of sp³-hybridized carbons (Fsp3) is 0.500. The largest absolute Gasteiger partial charge is 0.487 e. The highest BCUT2D eigenvalue weighted by atomic mass is 19.4. The Hall–Kier alpha value is -2.78. The van der Waals surface area contributed by atoms with Gasteiger partial charge in [-0.15, -0.1) is 0 Å². The second-order valence-corrected chi connectivity index (χ2v) is 6.26. The van der Waals surface area contributed by atoms with Crippen LogP contribution in [0.1, 0.15) is 43.6 Å². The maximum Gasteiger partial charge on any atom is 0.416 e. The Labute approximate surface area is 172 Å². The summed E-state index contributed by atoms with van der Waals surface area (Å²) in [5, 5.41) is 4.33. The molecular weight excluding hydrogens is 406 g/mol. The molecule has 166 valence electrons. The Morgan fingerprint density at radius 2 is 1.87 bits per heavy atom. The first kappa shape index (κ1) is 23.5. The molecule has 30 heavy (non-hydrogen) atoms. The van der Waals surface area contributed by atoms with Crippen molar-refractivity contribution in [2.45, 2.75) is 46.5 Å². The van der Waals surface area contributed by atoms with Crippen molar-refractivity contribution in [2.75, 3.05) is 24.6 Å². The number of carbonyl (C=O) groups is 1. The fourth-order valence-electron chi connectivity index (χ4n) is 2.83. The number of aryl methyl sites for hydroxylation is 1. The zero-order chi connectivity index (χ0) is 22.5. The molecule has 0 amide bonds. The highest BCUT2D eigenvalue weighted by Gasteiger charge is 2.35. The minimum Gasteiger partial charge on any atom is -0.487 e. The van der Waals surface area contributed by atoms with Crippen LogP contribution in [-0.2, 0) is 17.5 Å². The zero-order valence-corrected chi connectivity index (χ0v) is 17.3. The van der Waals surface area contributed by atoms with Gasteiger partial charge in [-0.25, -0.2) is 9.18 Å². The van der Waals surface area contributed by atoms with E-state index in [9.17, 15) is 22.4 Å². The molecule has 2 aromatic rings. The normalized spacial score (nSPS) is 13.9. The number of hydrogen-bond donors (Lipinski definition) is 0. The molecule has 1 aromatic heterocycles. The molecule has 1 aliphatic rings. The average molecular weight is 431 g/mol. The number of esters is 1. The molecule has 3 rings (SSSR count). The Morgan fingerprint density at radius 1 is 1.20 bits per heavy atom. The molecule has 1 aliphatic heterocycles. The predicted octanol–water partition coefficient (Wildman–Crippen LogP) is 4.53. The van der Waals surface area contributed by atoms with Gasteiger partial charge >= 0.3 is 12.1 Å². The minimum absolute atomic E-state index is 0.193. The number of ether oxygens (including phenoxy) is 2. The molecule has 0 radical (unpaired) electrons. The summed E-state index contributed by atoms with van der Waals surface area (Å²) in [5.41, 5.74) is -0.794.